The van der Waals surface area contributed by atoms with Crippen molar-refractivity contribution in [2.75, 3.05) is 0 Å². The van der Waals surface area contributed by atoms with E-state index in [1.807, 2.05) is 0 Å². The molecule has 0 aromatic heterocycles. The number of hydrogen-bond donors (Lipinski definition) is 0. The van der Waals surface area contributed by atoms with E-state index in [1.165, 1.54) is 29.9 Å². The van der Waals surface area contributed by atoms with Gasteiger partial charge in [0.1, 0.15) is 0 Å². The second-order valence-corrected chi connectivity index (χ2v) is 6.56. The summed E-state index contributed by atoms with van der Waals surface area (Å²) in [5.74, 6) is 2.21. The lowest BCUT2D eigenvalue weighted by atomic mass is 9.76. The van der Waals surface area contributed by atoms with Crippen molar-refractivity contribution in [3.63, 3.8) is 0 Å². The van der Waals surface area contributed by atoms with Crippen molar-refractivity contribution >= 4 is 17.7 Å². The molecule has 0 aliphatic heterocycles. The standard InChI is InChI=1S/C16H23NS/c1-12(2)15-10-9-13(3)11-16(15)17-18-14-7-5-4-6-8-14/h4-8,12-13,15H,9-11H2,1-3H3/b17-16+/t13-,15+/m1/s1. The van der Waals surface area contributed by atoms with Gasteiger partial charge in [0.05, 0.1) is 0 Å². The van der Waals surface area contributed by atoms with E-state index in [4.69, 9.17) is 4.40 Å². The fraction of sp³-hybridized carbons (Fsp3) is 0.562. The Hall–Kier alpha value is -0.760. The number of nitrogens with zero attached hydrogens (tertiary/aromatic N) is 1. The summed E-state index contributed by atoms with van der Waals surface area (Å²) in [7, 11) is 0. The van der Waals surface area contributed by atoms with Crippen LogP contribution in [0, 0.1) is 17.8 Å². The first-order valence-corrected chi connectivity index (χ1v) is 7.73. The van der Waals surface area contributed by atoms with Crippen molar-refractivity contribution in [1.29, 1.82) is 0 Å². The van der Waals surface area contributed by atoms with Crippen LogP contribution in [0.2, 0.25) is 0 Å². The van der Waals surface area contributed by atoms with E-state index in [9.17, 15) is 0 Å². The molecule has 0 bridgehead atoms. The van der Waals surface area contributed by atoms with Crippen molar-refractivity contribution in [3.05, 3.63) is 30.3 Å². The predicted molar refractivity (Wildman–Crippen MR) is 81.1 cm³/mol. The highest BCUT2D eigenvalue weighted by Crippen LogP contribution is 2.33. The molecule has 0 amide bonds. The molecule has 2 atom stereocenters. The molecule has 1 fully saturated rings. The predicted octanol–water partition coefficient (Wildman–Crippen LogP) is 5.23. The van der Waals surface area contributed by atoms with E-state index in [2.05, 4.69) is 51.1 Å². The van der Waals surface area contributed by atoms with Gasteiger partial charge in [0, 0.05) is 28.5 Å². The summed E-state index contributed by atoms with van der Waals surface area (Å²) in [6, 6.07) is 10.5. The lowest BCUT2D eigenvalue weighted by Gasteiger charge is -2.30. The zero-order valence-electron chi connectivity index (χ0n) is 11.6. The van der Waals surface area contributed by atoms with Gasteiger partial charge in [-0.15, -0.1) is 0 Å². The molecule has 18 heavy (non-hydrogen) atoms. The lowest BCUT2D eigenvalue weighted by Crippen LogP contribution is -2.27. The van der Waals surface area contributed by atoms with Crippen molar-refractivity contribution in [2.45, 2.75) is 44.9 Å². The molecule has 0 spiro atoms. The summed E-state index contributed by atoms with van der Waals surface area (Å²) >= 11 is 1.64. The van der Waals surface area contributed by atoms with Gasteiger partial charge in [-0.05, 0) is 43.2 Å². The van der Waals surface area contributed by atoms with Crippen LogP contribution in [-0.2, 0) is 0 Å². The minimum absolute atomic E-state index is 0.692. The van der Waals surface area contributed by atoms with Crippen molar-refractivity contribution < 1.29 is 0 Å². The monoisotopic (exact) mass is 261 g/mol. The third kappa shape index (κ3) is 3.61. The van der Waals surface area contributed by atoms with Crippen LogP contribution < -0.4 is 0 Å². The van der Waals surface area contributed by atoms with Crippen LogP contribution in [0.1, 0.15) is 40.0 Å². The van der Waals surface area contributed by atoms with Crippen LogP contribution in [-0.4, -0.2) is 5.71 Å². The second-order valence-electron chi connectivity index (χ2n) is 5.72. The summed E-state index contributed by atoms with van der Waals surface area (Å²) in [6.45, 7) is 6.99. The highest BCUT2D eigenvalue weighted by Gasteiger charge is 2.26. The van der Waals surface area contributed by atoms with Crippen molar-refractivity contribution in [2.24, 2.45) is 22.2 Å². The molecule has 0 unspecified atom stereocenters. The third-order valence-electron chi connectivity index (χ3n) is 3.77. The fourth-order valence-electron chi connectivity index (χ4n) is 2.66. The molecule has 98 valence electrons. The maximum atomic E-state index is 4.84. The molecule has 0 heterocycles. The molecular formula is C16H23NS. The van der Waals surface area contributed by atoms with Crippen LogP contribution in [0.4, 0.5) is 0 Å². The summed E-state index contributed by atoms with van der Waals surface area (Å²) in [6.07, 6.45) is 3.85. The molecule has 1 aromatic carbocycles. The average molecular weight is 261 g/mol. The molecule has 0 N–H and O–H groups in total. The summed E-state index contributed by atoms with van der Waals surface area (Å²) in [5, 5.41) is 0. The highest BCUT2D eigenvalue weighted by molar-refractivity contribution is 7.98. The quantitative estimate of drug-likeness (QED) is 0.679. The SMILES string of the molecule is CC(C)[C@@H]1CC[C@@H](C)C/C1=N\Sc1ccccc1. The summed E-state index contributed by atoms with van der Waals surface area (Å²) in [5.41, 5.74) is 1.43. The summed E-state index contributed by atoms with van der Waals surface area (Å²) in [4.78, 5) is 1.24. The molecule has 2 heteroatoms. The minimum atomic E-state index is 0.692. The molecular weight excluding hydrogens is 238 g/mol. The first kappa shape index (κ1) is 13.7. The van der Waals surface area contributed by atoms with Crippen molar-refractivity contribution in [3.8, 4) is 0 Å². The largest absolute Gasteiger partial charge is 0.220 e. The van der Waals surface area contributed by atoms with Crippen LogP contribution in [0.5, 0.6) is 0 Å². The highest BCUT2D eigenvalue weighted by atomic mass is 32.2. The molecule has 1 aliphatic carbocycles. The van der Waals surface area contributed by atoms with Gasteiger partial charge in [-0.25, -0.2) is 4.40 Å². The lowest BCUT2D eigenvalue weighted by molar-refractivity contribution is 0.366. The van der Waals surface area contributed by atoms with Crippen LogP contribution >= 0.6 is 11.9 Å². The fourth-order valence-corrected chi connectivity index (χ4v) is 3.37. The molecule has 1 aromatic rings. The zero-order chi connectivity index (χ0) is 13.0. The van der Waals surface area contributed by atoms with E-state index in [1.54, 1.807) is 11.9 Å². The van der Waals surface area contributed by atoms with Crippen molar-refractivity contribution in [1.82, 2.24) is 0 Å². The topological polar surface area (TPSA) is 12.4 Å². The van der Waals surface area contributed by atoms with Gasteiger partial charge in [-0.2, -0.15) is 0 Å². The van der Waals surface area contributed by atoms with Gasteiger partial charge in [0.2, 0.25) is 0 Å². The Bertz CT molecular complexity index is 397. The molecule has 1 aliphatic rings. The van der Waals surface area contributed by atoms with E-state index >= 15 is 0 Å². The van der Waals surface area contributed by atoms with Gasteiger partial charge in [-0.3, -0.25) is 0 Å². The Morgan fingerprint density at radius 3 is 2.56 bits per heavy atom. The van der Waals surface area contributed by atoms with E-state index < -0.39 is 0 Å². The molecule has 0 saturated heterocycles. The van der Waals surface area contributed by atoms with Gasteiger partial charge in [0.15, 0.2) is 0 Å². The van der Waals surface area contributed by atoms with E-state index in [-0.39, 0.29) is 0 Å². The third-order valence-corrected chi connectivity index (χ3v) is 4.58. The van der Waals surface area contributed by atoms with Gasteiger partial charge < -0.3 is 0 Å². The Labute approximate surface area is 115 Å². The van der Waals surface area contributed by atoms with E-state index in [0.717, 1.165) is 5.92 Å². The number of benzene rings is 1. The zero-order valence-corrected chi connectivity index (χ0v) is 12.4. The average Bonchev–Trinajstić information content (AvgIpc) is 2.37. The van der Waals surface area contributed by atoms with E-state index in [0.29, 0.717) is 11.8 Å². The maximum absolute atomic E-state index is 4.84. The smallest absolute Gasteiger partial charge is 0.0305 e. The van der Waals surface area contributed by atoms with Gasteiger partial charge in [0.25, 0.3) is 0 Å². The van der Waals surface area contributed by atoms with Crippen LogP contribution in [0.15, 0.2) is 39.6 Å². The first-order chi connectivity index (χ1) is 8.66. The minimum Gasteiger partial charge on any atom is -0.220 e. The normalized spacial score (nSPS) is 26.8. The van der Waals surface area contributed by atoms with Gasteiger partial charge >= 0.3 is 0 Å². The molecule has 1 nitrogen and oxygen atoms in total. The Morgan fingerprint density at radius 1 is 1.17 bits per heavy atom. The van der Waals surface area contributed by atoms with Crippen LogP contribution in [0.3, 0.4) is 0 Å². The Morgan fingerprint density at radius 2 is 1.89 bits per heavy atom. The molecule has 0 radical (unpaired) electrons. The Kier molecular flexibility index (Phi) is 4.87. The maximum Gasteiger partial charge on any atom is 0.0305 e. The number of rotatable bonds is 3. The molecule has 2 rings (SSSR count). The second kappa shape index (κ2) is 6.42. The summed E-state index contributed by atoms with van der Waals surface area (Å²) < 4.78 is 4.84. The number of hydrogen-bond acceptors (Lipinski definition) is 2. The molecule has 1 saturated carbocycles. The van der Waals surface area contributed by atoms with Crippen LogP contribution in [0.25, 0.3) is 0 Å². The first-order valence-electron chi connectivity index (χ1n) is 6.95. The van der Waals surface area contributed by atoms with Gasteiger partial charge in [-0.1, -0.05) is 39.0 Å². The Balaban J connectivity index is 2.07.